The maximum Gasteiger partial charge on any atom is 0.129 e. The Morgan fingerprint density at radius 1 is 0.912 bits per heavy atom. The van der Waals surface area contributed by atoms with Crippen LogP contribution < -0.4 is 10.1 Å². The summed E-state index contributed by atoms with van der Waals surface area (Å²) in [5, 5.41) is 6.20. The van der Waals surface area contributed by atoms with Crippen molar-refractivity contribution in [2.45, 2.75) is 44.2 Å². The smallest absolute Gasteiger partial charge is 0.129 e. The number of aldehydes is 1. The van der Waals surface area contributed by atoms with Gasteiger partial charge in [0.1, 0.15) is 18.1 Å². The lowest BCUT2D eigenvalue weighted by molar-refractivity contribution is -0.111. The molecule has 2 atom stereocenters. The maximum atomic E-state index is 11.5. The minimum atomic E-state index is -0.472. The summed E-state index contributed by atoms with van der Waals surface area (Å²) in [6.45, 7) is 5.50. The van der Waals surface area contributed by atoms with Crippen molar-refractivity contribution in [2.24, 2.45) is 0 Å². The molecule has 4 aromatic carbocycles. The molecule has 0 saturated carbocycles. The fraction of sp³-hybridized carbons (Fsp3) is 0.258. The van der Waals surface area contributed by atoms with Crippen LogP contribution in [0.4, 0.5) is 0 Å². The Balaban J connectivity index is 1.33. The van der Waals surface area contributed by atoms with E-state index in [0.29, 0.717) is 0 Å². The molecular formula is C31H31NO2. The van der Waals surface area contributed by atoms with Crippen molar-refractivity contribution in [3.05, 3.63) is 113 Å². The topological polar surface area (TPSA) is 38.3 Å². The second-order valence-corrected chi connectivity index (χ2v) is 9.80. The molecule has 0 bridgehead atoms. The van der Waals surface area contributed by atoms with Crippen molar-refractivity contribution in [2.75, 3.05) is 6.54 Å². The molecule has 0 aliphatic carbocycles. The van der Waals surface area contributed by atoms with Crippen molar-refractivity contribution < 1.29 is 9.53 Å². The maximum absolute atomic E-state index is 11.5. The molecule has 0 aromatic heterocycles. The molecule has 2 unspecified atom stereocenters. The van der Waals surface area contributed by atoms with Gasteiger partial charge in [-0.25, -0.2) is 0 Å². The van der Waals surface area contributed by atoms with Crippen molar-refractivity contribution >= 4 is 17.1 Å². The minimum Gasteiger partial charge on any atom is -0.489 e. The minimum absolute atomic E-state index is 0.0842. The van der Waals surface area contributed by atoms with E-state index in [-0.39, 0.29) is 12.0 Å². The average Bonchev–Trinajstić information content (AvgIpc) is 2.88. The van der Waals surface area contributed by atoms with Crippen LogP contribution >= 0.6 is 0 Å². The van der Waals surface area contributed by atoms with E-state index in [0.717, 1.165) is 37.1 Å². The molecule has 0 saturated heterocycles. The largest absolute Gasteiger partial charge is 0.489 e. The van der Waals surface area contributed by atoms with Crippen molar-refractivity contribution in [3.63, 3.8) is 0 Å². The van der Waals surface area contributed by atoms with Gasteiger partial charge in [-0.1, -0.05) is 84.9 Å². The first-order chi connectivity index (χ1) is 16.5. The van der Waals surface area contributed by atoms with Gasteiger partial charge < -0.3 is 14.8 Å². The molecule has 172 valence electrons. The highest BCUT2D eigenvalue weighted by Crippen LogP contribution is 2.40. The fourth-order valence-electron chi connectivity index (χ4n) is 4.96. The zero-order valence-electron chi connectivity index (χ0n) is 19.8. The van der Waals surface area contributed by atoms with E-state index in [1.807, 2.05) is 19.9 Å². The molecule has 1 N–H and O–H groups in total. The zero-order chi connectivity index (χ0) is 23.5. The first kappa shape index (κ1) is 22.4. The Kier molecular flexibility index (Phi) is 6.21. The quantitative estimate of drug-likeness (QED) is 0.332. The van der Waals surface area contributed by atoms with Gasteiger partial charge in [-0.15, -0.1) is 0 Å². The number of ether oxygens (including phenoxy) is 1. The monoisotopic (exact) mass is 449 g/mol. The van der Waals surface area contributed by atoms with E-state index < -0.39 is 5.41 Å². The Morgan fingerprint density at radius 2 is 1.65 bits per heavy atom. The van der Waals surface area contributed by atoms with Crippen LogP contribution in [-0.4, -0.2) is 18.9 Å². The van der Waals surface area contributed by atoms with Gasteiger partial charge in [0.2, 0.25) is 0 Å². The zero-order valence-corrected chi connectivity index (χ0v) is 19.8. The molecule has 1 aliphatic heterocycles. The Hall–Kier alpha value is -3.43. The first-order valence-corrected chi connectivity index (χ1v) is 12.0. The molecular weight excluding hydrogens is 418 g/mol. The summed E-state index contributed by atoms with van der Waals surface area (Å²) in [6.07, 6.45) is 2.01. The van der Waals surface area contributed by atoms with Gasteiger partial charge >= 0.3 is 0 Å². The number of benzene rings is 4. The number of hydrogen-bond donors (Lipinski definition) is 1. The molecule has 34 heavy (non-hydrogen) atoms. The molecule has 3 nitrogen and oxygen atoms in total. The number of carbonyl (C=O) groups excluding carboxylic acids is 1. The highest BCUT2D eigenvalue weighted by molar-refractivity contribution is 5.85. The molecule has 0 fully saturated rings. The molecule has 5 rings (SSSR count). The van der Waals surface area contributed by atoms with E-state index in [4.69, 9.17) is 4.74 Å². The number of hydrogen-bond acceptors (Lipinski definition) is 3. The highest BCUT2D eigenvalue weighted by atomic mass is 16.5. The van der Waals surface area contributed by atoms with Crippen LogP contribution in [0.5, 0.6) is 5.75 Å². The van der Waals surface area contributed by atoms with Gasteiger partial charge in [-0.3, -0.25) is 0 Å². The van der Waals surface area contributed by atoms with Gasteiger partial charge in [0.25, 0.3) is 0 Å². The summed E-state index contributed by atoms with van der Waals surface area (Å²) >= 11 is 0. The first-order valence-electron chi connectivity index (χ1n) is 12.0. The third-order valence-corrected chi connectivity index (χ3v) is 7.01. The fourth-order valence-corrected chi connectivity index (χ4v) is 4.96. The number of nitrogens with one attached hydrogen (secondary N) is 1. The van der Waals surface area contributed by atoms with Gasteiger partial charge in [0, 0.05) is 30.0 Å². The Bertz CT molecular complexity index is 1290. The summed E-state index contributed by atoms with van der Waals surface area (Å²) in [5.41, 5.74) is 4.37. The lowest BCUT2D eigenvalue weighted by Gasteiger charge is -2.33. The van der Waals surface area contributed by atoms with E-state index >= 15 is 0 Å². The molecule has 1 aliphatic rings. The third kappa shape index (κ3) is 4.49. The van der Waals surface area contributed by atoms with Crippen LogP contribution in [0.1, 0.15) is 48.4 Å². The van der Waals surface area contributed by atoms with Crippen LogP contribution in [0.2, 0.25) is 0 Å². The number of para-hydroxylation sites is 1. The third-order valence-electron chi connectivity index (χ3n) is 7.01. The predicted octanol–water partition coefficient (Wildman–Crippen LogP) is 6.39. The van der Waals surface area contributed by atoms with Crippen LogP contribution in [0.25, 0.3) is 10.8 Å². The predicted molar refractivity (Wildman–Crippen MR) is 139 cm³/mol. The van der Waals surface area contributed by atoms with Gasteiger partial charge in [0.15, 0.2) is 0 Å². The van der Waals surface area contributed by atoms with Crippen molar-refractivity contribution in [1.82, 2.24) is 5.32 Å². The van der Waals surface area contributed by atoms with E-state index in [1.54, 1.807) is 0 Å². The summed E-state index contributed by atoms with van der Waals surface area (Å²) in [7, 11) is 0. The second kappa shape index (κ2) is 9.44. The van der Waals surface area contributed by atoms with Crippen LogP contribution in [0, 0.1) is 0 Å². The lowest BCUT2D eigenvalue weighted by atomic mass is 9.81. The van der Waals surface area contributed by atoms with Crippen LogP contribution in [0.3, 0.4) is 0 Å². The molecule has 3 heteroatoms. The molecule has 4 aromatic rings. The number of fused-ring (bicyclic) bond motifs is 2. The molecule has 1 heterocycles. The second-order valence-electron chi connectivity index (χ2n) is 9.80. The summed E-state index contributed by atoms with van der Waals surface area (Å²) in [6, 6.07) is 31.9. The number of carbonyl (C=O) groups is 1. The molecule has 0 spiro atoms. The Morgan fingerprint density at radius 3 is 2.47 bits per heavy atom. The van der Waals surface area contributed by atoms with Crippen LogP contribution in [0.15, 0.2) is 91.0 Å². The van der Waals surface area contributed by atoms with Crippen molar-refractivity contribution in [3.8, 4) is 5.75 Å². The van der Waals surface area contributed by atoms with E-state index in [2.05, 4.69) is 90.2 Å². The van der Waals surface area contributed by atoms with Gasteiger partial charge in [-0.05, 0) is 53.8 Å². The van der Waals surface area contributed by atoms with Crippen LogP contribution in [-0.2, 0) is 16.8 Å². The van der Waals surface area contributed by atoms with Gasteiger partial charge in [-0.2, -0.15) is 0 Å². The molecule has 0 amide bonds. The average molecular weight is 450 g/mol. The highest BCUT2D eigenvalue weighted by Gasteiger charge is 2.29. The standard InChI is InChI=1S/C31H31NO2/c1-31(2,21-33)25-16-14-23(15-17-25)29-18-26(34-30-13-6-5-12-28(29)30)20-32-19-24-10-7-9-22-8-3-4-11-27(22)24/h3-17,21,26,29,32H,18-20H2,1-2H3. The van der Waals surface area contributed by atoms with E-state index in [1.165, 1.54) is 27.5 Å². The Labute approximate surface area is 201 Å². The number of rotatable bonds is 7. The van der Waals surface area contributed by atoms with Crippen molar-refractivity contribution in [1.29, 1.82) is 0 Å². The SMILES string of the molecule is CC(C)(C=O)c1ccc(C2CC(CNCc3cccc4ccccc34)Oc3ccccc32)cc1. The normalized spacial score (nSPS) is 17.7. The van der Waals surface area contributed by atoms with Gasteiger partial charge in [0.05, 0.1) is 0 Å². The summed E-state index contributed by atoms with van der Waals surface area (Å²) in [5.74, 6) is 1.23. The lowest BCUT2D eigenvalue weighted by Crippen LogP contribution is -2.35. The summed E-state index contributed by atoms with van der Waals surface area (Å²) in [4.78, 5) is 11.5. The van der Waals surface area contributed by atoms with E-state index in [9.17, 15) is 4.79 Å². The summed E-state index contributed by atoms with van der Waals surface area (Å²) < 4.78 is 6.40. The molecule has 0 radical (unpaired) electrons.